The molecule has 0 spiro atoms. The maximum absolute atomic E-state index is 5.34. The van der Waals surface area contributed by atoms with Gasteiger partial charge in [0.25, 0.3) is 0 Å². The first-order chi connectivity index (χ1) is 25.3. The normalized spacial score (nSPS) is 11.5. The van der Waals surface area contributed by atoms with Crippen molar-refractivity contribution >= 4 is 53.1 Å². The Balaban J connectivity index is 1.29. The predicted molar refractivity (Wildman–Crippen MR) is 215 cm³/mol. The van der Waals surface area contributed by atoms with Crippen LogP contribution in [-0.2, 0) is 0 Å². The number of fused-ring (bicyclic) bond motifs is 6. The fraction of sp³-hybridized carbons (Fsp3) is 0. The molecule has 238 valence electrons. The van der Waals surface area contributed by atoms with E-state index in [9.17, 15) is 0 Å². The van der Waals surface area contributed by atoms with Gasteiger partial charge in [0.15, 0.2) is 17.5 Å². The first-order valence-electron chi connectivity index (χ1n) is 17.1. The molecule has 2 aromatic heterocycles. The molecule has 0 unspecified atom stereocenters. The topological polar surface area (TPSA) is 38.7 Å². The minimum Gasteiger partial charge on any atom is -0.208 e. The lowest BCUT2D eigenvalue weighted by Crippen LogP contribution is -2.01. The van der Waals surface area contributed by atoms with Crippen LogP contribution in [0.2, 0.25) is 0 Å². The molecule has 4 heteroatoms. The minimum absolute atomic E-state index is 0.638. The molecule has 2 heterocycles. The standard InChI is InChI=1S/C47H29N3S/c1-3-14-30(15-4-1)33-26-34(31-16-5-2-6-17-31)28-35(27-33)45-48-46(40-23-13-25-43-44(40)39-22-11-12-24-42(39)51-43)50-47(49-45)41-29-32-18-7-8-19-36(32)37-20-9-10-21-38(37)41/h1-29H. The van der Waals surface area contributed by atoms with Crippen LogP contribution in [-0.4, -0.2) is 15.0 Å². The van der Waals surface area contributed by atoms with Crippen LogP contribution >= 0.6 is 11.3 Å². The molecule has 0 saturated heterocycles. The molecule has 0 aliphatic carbocycles. The fourth-order valence-corrected chi connectivity index (χ4v) is 8.43. The molecule has 0 aliphatic rings. The maximum atomic E-state index is 5.34. The first kappa shape index (κ1) is 29.4. The Morgan fingerprint density at radius 2 is 0.843 bits per heavy atom. The zero-order valence-electron chi connectivity index (χ0n) is 27.5. The van der Waals surface area contributed by atoms with Crippen molar-refractivity contribution in [1.29, 1.82) is 0 Å². The number of rotatable bonds is 5. The van der Waals surface area contributed by atoms with E-state index in [1.165, 1.54) is 30.9 Å². The number of hydrogen-bond donors (Lipinski definition) is 0. The zero-order chi connectivity index (χ0) is 33.7. The molecule has 0 N–H and O–H groups in total. The summed E-state index contributed by atoms with van der Waals surface area (Å²) in [4.78, 5) is 16.0. The van der Waals surface area contributed by atoms with E-state index < -0.39 is 0 Å². The number of benzene rings is 8. The fourth-order valence-electron chi connectivity index (χ4n) is 7.30. The summed E-state index contributed by atoms with van der Waals surface area (Å²) in [7, 11) is 0. The minimum atomic E-state index is 0.638. The average molecular weight is 668 g/mol. The lowest BCUT2D eigenvalue weighted by atomic mass is 9.95. The molecule has 0 atom stereocenters. The van der Waals surface area contributed by atoms with Crippen molar-refractivity contribution in [2.45, 2.75) is 0 Å². The molecule has 0 aliphatic heterocycles. The van der Waals surface area contributed by atoms with Crippen LogP contribution < -0.4 is 0 Å². The molecule has 3 nitrogen and oxygen atoms in total. The van der Waals surface area contributed by atoms with Gasteiger partial charge in [-0.25, -0.2) is 15.0 Å². The molecule has 10 aromatic rings. The van der Waals surface area contributed by atoms with E-state index >= 15 is 0 Å². The molecular weight excluding hydrogens is 639 g/mol. The van der Waals surface area contributed by atoms with E-state index in [1.807, 2.05) is 0 Å². The van der Waals surface area contributed by atoms with Crippen LogP contribution in [0, 0.1) is 0 Å². The Kier molecular flexibility index (Phi) is 7.00. The molecule has 0 radical (unpaired) electrons. The highest BCUT2D eigenvalue weighted by Crippen LogP contribution is 2.41. The summed E-state index contributed by atoms with van der Waals surface area (Å²) in [6, 6.07) is 62.2. The van der Waals surface area contributed by atoms with Crippen LogP contribution in [0.1, 0.15) is 0 Å². The molecule has 0 saturated carbocycles. The van der Waals surface area contributed by atoms with Crippen molar-refractivity contribution in [3.8, 4) is 56.4 Å². The van der Waals surface area contributed by atoms with E-state index in [4.69, 9.17) is 15.0 Å². The Morgan fingerprint density at radius 1 is 0.314 bits per heavy atom. The third-order valence-corrected chi connectivity index (χ3v) is 10.8. The highest BCUT2D eigenvalue weighted by molar-refractivity contribution is 7.25. The van der Waals surface area contributed by atoms with Gasteiger partial charge in [-0.2, -0.15) is 0 Å². The summed E-state index contributed by atoms with van der Waals surface area (Å²) in [6.07, 6.45) is 0. The monoisotopic (exact) mass is 667 g/mol. The maximum Gasteiger partial charge on any atom is 0.164 e. The zero-order valence-corrected chi connectivity index (χ0v) is 28.3. The van der Waals surface area contributed by atoms with E-state index in [-0.39, 0.29) is 0 Å². The van der Waals surface area contributed by atoms with Crippen molar-refractivity contribution in [1.82, 2.24) is 15.0 Å². The highest BCUT2D eigenvalue weighted by atomic mass is 32.1. The quantitative estimate of drug-likeness (QED) is 0.171. The van der Waals surface area contributed by atoms with Crippen molar-refractivity contribution in [3.05, 3.63) is 176 Å². The van der Waals surface area contributed by atoms with E-state index in [0.29, 0.717) is 17.5 Å². The van der Waals surface area contributed by atoms with Crippen LogP contribution in [0.5, 0.6) is 0 Å². The molecule has 8 aromatic carbocycles. The number of hydrogen-bond acceptors (Lipinski definition) is 4. The number of thiophene rings is 1. The summed E-state index contributed by atoms with van der Waals surface area (Å²) in [5.41, 5.74) is 7.42. The van der Waals surface area contributed by atoms with Gasteiger partial charge in [0, 0.05) is 36.9 Å². The van der Waals surface area contributed by atoms with Crippen LogP contribution in [0.25, 0.3) is 98.1 Å². The third-order valence-electron chi connectivity index (χ3n) is 9.69. The van der Waals surface area contributed by atoms with Gasteiger partial charge < -0.3 is 0 Å². The van der Waals surface area contributed by atoms with Gasteiger partial charge in [-0.05, 0) is 80.2 Å². The second-order valence-electron chi connectivity index (χ2n) is 12.8. The summed E-state index contributed by atoms with van der Waals surface area (Å²) in [6.45, 7) is 0. The summed E-state index contributed by atoms with van der Waals surface area (Å²) < 4.78 is 2.46. The van der Waals surface area contributed by atoms with E-state index in [0.717, 1.165) is 49.7 Å². The largest absolute Gasteiger partial charge is 0.208 e. The number of aromatic nitrogens is 3. The third kappa shape index (κ3) is 5.16. The van der Waals surface area contributed by atoms with Gasteiger partial charge in [0.1, 0.15) is 0 Å². The Labute approximate surface area is 299 Å². The van der Waals surface area contributed by atoms with Crippen LogP contribution in [0.4, 0.5) is 0 Å². The van der Waals surface area contributed by atoms with Gasteiger partial charge >= 0.3 is 0 Å². The molecule has 51 heavy (non-hydrogen) atoms. The second kappa shape index (κ2) is 12.1. The van der Waals surface area contributed by atoms with Gasteiger partial charge in [0.05, 0.1) is 0 Å². The SMILES string of the molecule is c1ccc(-c2cc(-c3ccccc3)cc(-c3nc(-c4cc5ccccc5c5ccccc45)nc(-c4cccc5sc6ccccc6c45)n3)c2)cc1. The molecule has 10 rings (SSSR count). The molecular formula is C47H29N3S. The van der Waals surface area contributed by atoms with Crippen molar-refractivity contribution in [2.75, 3.05) is 0 Å². The van der Waals surface area contributed by atoms with Crippen LogP contribution in [0.3, 0.4) is 0 Å². The van der Waals surface area contributed by atoms with E-state index in [2.05, 4.69) is 176 Å². The van der Waals surface area contributed by atoms with Crippen molar-refractivity contribution in [3.63, 3.8) is 0 Å². The van der Waals surface area contributed by atoms with Gasteiger partial charge in [0.2, 0.25) is 0 Å². The lowest BCUT2D eigenvalue weighted by molar-refractivity contribution is 1.08. The molecule has 0 amide bonds. The lowest BCUT2D eigenvalue weighted by Gasteiger charge is -2.14. The summed E-state index contributed by atoms with van der Waals surface area (Å²) in [5.74, 6) is 1.95. The first-order valence-corrected chi connectivity index (χ1v) is 17.9. The average Bonchev–Trinajstić information content (AvgIpc) is 3.60. The van der Waals surface area contributed by atoms with Crippen molar-refractivity contribution in [2.24, 2.45) is 0 Å². The van der Waals surface area contributed by atoms with Gasteiger partial charge in [-0.1, -0.05) is 140 Å². The van der Waals surface area contributed by atoms with Gasteiger partial charge in [-0.15, -0.1) is 11.3 Å². The summed E-state index contributed by atoms with van der Waals surface area (Å²) in [5, 5.41) is 7.04. The van der Waals surface area contributed by atoms with Crippen molar-refractivity contribution < 1.29 is 0 Å². The highest BCUT2D eigenvalue weighted by Gasteiger charge is 2.19. The van der Waals surface area contributed by atoms with Gasteiger partial charge in [-0.3, -0.25) is 0 Å². The smallest absolute Gasteiger partial charge is 0.164 e. The number of nitrogens with zero attached hydrogens (tertiary/aromatic N) is 3. The molecule has 0 bridgehead atoms. The Hall–Kier alpha value is -6.49. The Morgan fingerprint density at radius 3 is 1.57 bits per heavy atom. The second-order valence-corrected chi connectivity index (χ2v) is 13.9. The Bertz CT molecular complexity index is 2860. The molecule has 0 fully saturated rings. The predicted octanol–water partition coefficient (Wildman–Crippen LogP) is 12.9. The van der Waals surface area contributed by atoms with E-state index in [1.54, 1.807) is 11.3 Å². The summed E-state index contributed by atoms with van der Waals surface area (Å²) >= 11 is 1.80. The van der Waals surface area contributed by atoms with Crippen LogP contribution in [0.15, 0.2) is 176 Å².